The molecule has 0 amide bonds. The predicted octanol–water partition coefficient (Wildman–Crippen LogP) is 5.10. The monoisotopic (exact) mass is 289 g/mol. The molecule has 0 radical (unpaired) electrons. The number of nitrogens with zero attached hydrogens (tertiary/aromatic N) is 1. The molecule has 4 saturated carbocycles. The van der Waals surface area contributed by atoms with E-state index >= 15 is 0 Å². The number of hydrogen-bond acceptors (Lipinski definition) is 1. The molecule has 5 aliphatic rings. The maximum absolute atomic E-state index is 2.89. The summed E-state index contributed by atoms with van der Waals surface area (Å²) in [6.07, 6.45) is 9.27. The third kappa shape index (κ3) is 1.79. The molecule has 4 bridgehead atoms. The van der Waals surface area contributed by atoms with E-state index < -0.39 is 0 Å². The van der Waals surface area contributed by atoms with Gasteiger partial charge in [-0.3, -0.25) is 4.90 Å². The van der Waals surface area contributed by atoms with Gasteiger partial charge in [-0.1, -0.05) is 0 Å². The first-order valence-corrected chi connectivity index (χ1v) is 9.44. The predicted molar refractivity (Wildman–Crippen MR) is 89.2 cm³/mol. The van der Waals surface area contributed by atoms with Gasteiger partial charge in [0.1, 0.15) is 0 Å². The van der Waals surface area contributed by atoms with Gasteiger partial charge in [0, 0.05) is 17.1 Å². The van der Waals surface area contributed by atoms with E-state index in [2.05, 4.69) is 46.4 Å². The standard InChI is InChI=1S/C20H35N/c1-13-20(12-19(5,6)21(13)18(2,3)4)16-8-14-7-15(10-16)11-17(20)9-14/h13-17H,7-12H2,1-6H3. The molecule has 1 aliphatic heterocycles. The van der Waals surface area contributed by atoms with Crippen LogP contribution in [0.15, 0.2) is 0 Å². The van der Waals surface area contributed by atoms with Gasteiger partial charge in [0.05, 0.1) is 0 Å². The third-order valence-corrected chi connectivity index (χ3v) is 7.94. The zero-order chi connectivity index (χ0) is 15.2. The van der Waals surface area contributed by atoms with Crippen molar-refractivity contribution in [2.45, 2.75) is 97.2 Å². The van der Waals surface area contributed by atoms with Crippen LogP contribution in [0, 0.1) is 29.1 Å². The summed E-state index contributed by atoms with van der Waals surface area (Å²) in [7, 11) is 0. The minimum Gasteiger partial charge on any atom is -0.290 e. The Morgan fingerprint density at radius 1 is 0.857 bits per heavy atom. The van der Waals surface area contributed by atoms with Crippen molar-refractivity contribution in [3.05, 3.63) is 0 Å². The molecule has 1 heteroatoms. The fourth-order valence-electron chi connectivity index (χ4n) is 8.27. The highest BCUT2D eigenvalue weighted by Gasteiger charge is 2.66. The number of rotatable bonds is 0. The lowest BCUT2D eigenvalue weighted by atomic mass is 9.43. The maximum atomic E-state index is 2.89. The van der Waals surface area contributed by atoms with E-state index in [1.165, 1.54) is 6.42 Å². The lowest BCUT2D eigenvalue weighted by Crippen LogP contribution is -2.59. The van der Waals surface area contributed by atoms with E-state index in [0.717, 1.165) is 29.7 Å². The Balaban J connectivity index is 1.76. The van der Waals surface area contributed by atoms with Crippen molar-refractivity contribution < 1.29 is 0 Å². The first-order chi connectivity index (χ1) is 9.64. The lowest BCUT2D eigenvalue weighted by molar-refractivity contribution is -0.125. The van der Waals surface area contributed by atoms with Crippen molar-refractivity contribution in [3.63, 3.8) is 0 Å². The Kier molecular flexibility index (Phi) is 2.82. The average Bonchev–Trinajstić information content (AvgIpc) is 2.52. The van der Waals surface area contributed by atoms with E-state index in [0.29, 0.717) is 16.5 Å². The largest absolute Gasteiger partial charge is 0.290 e. The normalized spacial score (nSPS) is 52.0. The van der Waals surface area contributed by atoms with E-state index in [1.807, 2.05) is 0 Å². The minimum atomic E-state index is 0.293. The summed E-state index contributed by atoms with van der Waals surface area (Å²) >= 11 is 0. The van der Waals surface area contributed by atoms with Gasteiger partial charge in [0.15, 0.2) is 0 Å². The first kappa shape index (κ1) is 14.5. The van der Waals surface area contributed by atoms with Gasteiger partial charge in [-0.15, -0.1) is 0 Å². The van der Waals surface area contributed by atoms with Crippen LogP contribution in [0.5, 0.6) is 0 Å². The summed E-state index contributed by atoms with van der Waals surface area (Å²) in [4.78, 5) is 2.89. The van der Waals surface area contributed by atoms with Gasteiger partial charge in [-0.05, 0) is 109 Å². The molecular weight excluding hydrogens is 254 g/mol. The highest BCUT2D eigenvalue weighted by molar-refractivity contribution is 5.18. The van der Waals surface area contributed by atoms with Gasteiger partial charge in [-0.2, -0.15) is 0 Å². The minimum absolute atomic E-state index is 0.293. The van der Waals surface area contributed by atoms with Crippen molar-refractivity contribution in [1.82, 2.24) is 4.90 Å². The van der Waals surface area contributed by atoms with E-state index in [-0.39, 0.29) is 0 Å². The van der Waals surface area contributed by atoms with Crippen LogP contribution >= 0.6 is 0 Å². The molecule has 120 valence electrons. The van der Waals surface area contributed by atoms with Crippen LogP contribution in [-0.2, 0) is 0 Å². The van der Waals surface area contributed by atoms with Crippen molar-refractivity contribution >= 4 is 0 Å². The van der Waals surface area contributed by atoms with Gasteiger partial charge in [0.25, 0.3) is 0 Å². The number of likely N-dealkylation sites (tertiary alicyclic amines) is 1. The third-order valence-electron chi connectivity index (χ3n) is 7.94. The van der Waals surface area contributed by atoms with Crippen LogP contribution in [-0.4, -0.2) is 22.0 Å². The average molecular weight is 290 g/mol. The Hall–Kier alpha value is -0.0400. The zero-order valence-corrected chi connectivity index (χ0v) is 15.1. The molecule has 1 saturated heterocycles. The molecule has 1 unspecified atom stereocenters. The summed E-state index contributed by atoms with van der Waals surface area (Å²) in [5, 5.41) is 0. The highest BCUT2D eigenvalue weighted by atomic mass is 15.3. The second kappa shape index (κ2) is 4.08. The molecule has 5 rings (SSSR count). The van der Waals surface area contributed by atoms with Crippen molar-refractivity contribution in [3.8, 4) is 0 Å². The van der Waals surface area contributed by atoms with Crippen LogP contribution in [0.1, 0.15) is 80.1 Å². The van der Waals surface area contributed by atoms with E-state index in [9.17, 15) is 0 Å². The molecule has 5 fully saturated rings. The molecule has 0 aromatic carbocycles. The Morgan fingerprint density at radius 2 is 1.33 bits per heavy atom. The van der Waals surface area contributed by atoms with Gasteiger partial charge >= 0.3 is 0 Å². The molecule has 0 aromatic rings. The van der Waals surface area contributed by atoms with Crippen molar-refractivity contribution in [2.75, 3.05) is 0 Å². The zero-order valence-electron chi connectivity index (χ0n) is 15.1. The van der Waals surface area contributed by atoms with Gasteiger partial charge in [0.2, 0.25) is 0 Å². The SMILES string of the molecule is CC1N(C(C)(C)C)C(C)(C)CC12C1CC3CC(C1)CC2C3. The Bertz CT molecular complexity index is 413. The maximum Gasteiger partial charge on any atom is 0.0167 e. The van der Waals surface area contributed by atoms with Gasteiger partial charge < -0.3 is 0 Å². The second-order valence-electron chi connectivity index (χ2n) is 10.6. The molecule has 4 aliphatic carbocycles. The van der Waals surface area contributed by atoms with E-state index in [4.69, 9.17) is 0 Å². The fourth-order valence-corrected chi connectivity index (χ4v) is 8.27. The van der Waals surface area contributed by atoms with Gasteiger partial charge in [-0.25, -0.2) is 0 Å². The quantitative estimate of drug-likeness (QED) is 0.599. The van der Waals surface area contributed by atoms with Crippen LogP contribution in [0.4, 0.5) is 0 Å². The molecule has 0 N–H and O–H groups in total. The molecule has 1 heterocycles. The van der Waals surface area contributed by atoms with Crippen LogP contribution in [0.3, 0.4) is 0 Å². The summed E-state index contributed by atoms with van der Waals surface area (Å²) in [6.45, 7) is 14.9. The topological polar surface area (TPSA) is 3.24 Å². The lowest BCUT2D eigenvalue weighted by Gasteiger charge is -2.62. The van der Waals surface area contributed by atoms with Crippen LogP contribution < -0.4 is 0 Å². The van der Waals surface area contributed by atoms with Crippen LogP contribution in [0.2, 0.25) is 0 Å². The summed E-state index contributed by atoms with van der Waals surface area (Å²) < 4.78 is 0. The molecular formula is C20H35N. The highest BCUT2D eigenvalue weighted by Crippen LogP contribution is 2.69. The van der Waals surface area contributed by atoms with E-state index in [1.54, 1.807) is 32.1 Å². The van der Waals surface area contributed by atoms with Crippen molar-refractivity contribution in [1.29, 1.82) is 0 Å². The van der Waals surface area contributed by atoms with Crippen molar-refractivity contribution in [2.24, 2.45) is 29.1 Å². The smallest absolute Gasteiger partial charge is 0.0167 e. The first-order valence-electron chi connectivity index (χ1n) is 9.44. The Morgan fingerprint density at radius 3 is 1.71 bits per heavy atom. The molecule has 1 spiro atoms. The fraction of sp³-hybridized carbons (Fsp3) is 1.00. The summed E-state index contributed by atoms with van der Waals surface area (Å²) in [6, 6.07) is 0.766. The number of hydrogen-bond donors (Lipinski definition) is 0. The second-order valence-corrected chi connectivity index (χ2v) is 10.6. The molecule has 1 atom stereocenters. The summed E-state index contributed by atoms with van der Waals surface area (Å²) in [5.74, 6) is 4.26. The summed E-state index contributed by atoms with van der Waals surface area (Å²) in [5.41, 5.74) is 1.30. The molecule has 0 aromatic heterocycles. The Labute approximate surface area is 131 Å². The molecule has 1 nitrogen and oxygen atoms in total. The molecule has 21 heavy (non-hydrogen) atoms. The van der Waals surface area contributed by atoms with Crippen LogP contribution in [0.25, 0.3) is 0 Å².